The molecule has 5 rings (SSSR count). The van der Waals surface area contributed by atoms with Gasteiger partial charge in [-0.3, -0.25) is 14.2 Å². The van der Waals surface area contributed by atoms with Gasteiger partial charge in [-0.05, 0) is 35.7 Å². The van der Waals surface area contributed by atoms with Gasteiger partial charge >= 0.3 is 6.36 Å². The molecule has 38 heavy (non-hydrogen) atoms. The van der Waals surface area contributed by atoms with Gasteiger partial charge in [0.15, 0.2) is 0 Å². The number of anilines is 1. The summed E-state index contributed by atoms with van der Waals surface area (Å²) >= 11 is 0. The van der Waals surface area contributed by atoms with Crippen molar-refractivity contribution in [3.63, 3.8) is 0 Å². The summed E-state index contributed by atoms with van der Waals surface area (Å²) in [5.41, 5.74) is 8.64. The summed E-state index contributed by atoms with van der Waals surface area (Å²) in [5, 5.41) is 0. The number of benzene rings is 3. The second-order valence-corrected chi connectivity index (χ2v) is 8.85. The molecule has 0 unspecified atom stereocenters. The van der Waals surface area contributed by atoms with Crippen LogP contribution in [0.3, 0.4) is 0 Å². The van der Waals surface area contributed by atoms with Crippen LogP contribution in [0.1, 0.15) is 38.8 Å². The largest absolute Gasteiger partial charge is 0.573 e. The number of fused-ring (bicyclic) bond motifs is 1. The second kappa shape index (κ2) is 10.0. The summed E-state index contributed by atoms with van der Waals surface area (Å²) in [7, 11) is 0. The first-order chi connectivity index (χ1) is 18.2. The monoisotopic (exact) mass is 520 g/mol. The predicted octanol–water partition coefficient (Wildman–Crippen LogP) is 4.56. The van der Waals surface area contributed by atoms with E-state index < -0.39 is 24.1 Å². The minimum atomic E-state index is -4.87. The van der Waals surface area contributed by atoms with Gasteiger partial charge in [0.2, 0.25) is 5.95 Å². The number of alkyl halides is 3. The molecule has 0 bridgehead atoms. The number of carbonyl (C=O) groups excluding carboxylic acids is 1. The number of nitrogens with zero attached hydrogens (tertiary/aromatic N) is 3. The van der Waals surface area contributed by atoms with Gasteiger partial charge in [-0.25, -0.2) is 4.98 Å². The molecule has 7 nitrogen and oxygen atoms in total. The maximum atomic E-state index is 13.8. The van der Waals surface area contributed by atoms with E-state index in [1.54, 1.807) is 0 Å². The van der Waals surface area contributed by atoms with Crippen LogP contribution in [0.25, 0.3) is 0 Å². The second-order valence-electron chi connectivity index (χ2n) is 8.85. The van der Waals surface area contributed by atoms with Crippen LogP contribution in [0, 0.1) is 0 Å². The molecule has 10 heteroatoms. The highest BCUT2D eigenvalue weighted by Gasteiger charge is 2.32. The Labute approximate surface area is 215 Å². The molecule has 0 aliphatic carbocycles. The highest BCUT2D eigenvalue weighted by molar-refractivity contribution is 5.94. The summed E-state index contributed by atoms with van der Waals surface area (Å²) in [6.45, 7) is 0.193. The molecular formula is C28H23F3N4O3. The van der Waals surface area contributed by atoms with Crippen molar-refractivity contribution < 1.29 is 22.7 Å². The Balaban J connectivity index is 1.48. The average molecular weight is 521 g/mol. The van der Waals surface area contributed by atoms with Crippen molar-refractivity contribution in [1.82, 2.24) is 14.5 Å². The lowest BCUT2D eigenvalue weighted by Gasteiger charge is -2.30. The van der Waals surface area contributed by atoms with E-state index in [9.17, 15) is 22.8 Å². The number of nitrogen functional groups attached to an aromatic ring is 1. The lowest BCUT2D eigenvalue weighted by molar-refractivity contribution is -0.274. The Hall–Kier alpha value is -4.60. The van der Waals surface area contributed by atoms with Crippen molar-refractivity contribution >= 4 is 11.9 Å². The summed E-state index contributed by atoms with van der Waals surface area (Å²) in [6, 6.07) is 23.4. The van der Waals surface area contributed by atoms with Gasteiger partial charge in [0.25, 0.3) is 11.5 Å². The number of hydrogen-bond donors (Lipinski definition) is 1. The van der Waals surface area contributed by atoms with E-state index in [-0.39, 0.29) is 36.6 Å². The Kier molecular flexibility index (Phi) is 6.62. The molecule has 0 fully saturated rings. The number of hydrogen-bond acceptors (Lipinski definition) is 5. The van der Waals surface area contributed by atoms with Crippen LogP contribution in [0.4, 0.5) is 19.1 Å². The maximum Gasteiger partial charge on any atom is 0.573 e. The van der Waals surface area contributed by atoms with Crippen LogP contribution in [0.15, 0.2) is 89.7 Å². The van der Waals surface area contributed by atoms with Crippen LogP contribution in [0.5, 0.6) is 5.75 Å². The summed E-state index contributed by atoms with van der Waals surface area (Å²) in [6.07, 6.45) is -4.65. The molecule has 1 aliphatic heterocycles. The number of aromatic nitrogens is 2. The van der Waals surface area contributed by atoms with Crippen molar-refractivity contribution in [2.45, 2.75) is 25.4 Å². The SMILES string of the molecule is Nc1nc2c(c(=O)n1C(c1ccccc1)c1ccccc1)CCN(C(=O)c1cccc(OC(F)(F)F)c1)C2. The summed E-state index contributed by atoms with van der Waals surface area (Å²) < 4.78 is 43.2. The molecule has 1 amide bonds. The fraction of sp³-hybridized carbons (Fsp3) is 0.179. The third-order valence-electron chi connectivity index (χ3n) is 6.38. The van der Waals surface area contributed by atoms with E-state index in [0.29, 0.717) is 11.3 Å². The minimum absolute atomic E-state index is 0.000142. The topological polar surface area (TPSA) is 90.5 Å². The lowest BCUT2D eigenvalue weighted by atomic mass is 9.97. The van der Waals surface area contributed by atoms with Crippen LogP contribution >= 0.6 is 0 Å². The van der Waals surface area contributed by atoms with Crippen LogP contribution < -0.4 is 16.0 Å². The van der Waals surface area contributed by atoms with Crippen molar-refractivity contribution in [2.24, 2.45) is 0 Å². The van der Waals surface area contributed by atoms with Gasteiger partial charge in [0, 0.05) is 17.7 Å². The van der Waals surface area contributed by atoms with E-state index in [0.717, 1.165) is 23.3 Å². The smallest absolute Gasteiger partial charge is 0.406 e. The zero-order valence-electron chi connectivity index (χ0n) is 20.1. The van der Waals surface area contributed by atoms with Crippen LogP contribution in [0.2, 0.25) is 0 Å². The minimum Gasteiger partial charge on any atom is -0.406 e. The number of rotatable bonds is 5. The number of ether oxygens (including phenoxy) is 1. The Morgan fingerprint density at radius 3 is 2.18 bits per heavy atom. The highest BCUT2D eigenvalue weighted by atomic mass is 19.4. The standard InChI is InChI=1S/C28H23F3N4O3/c29-28(30,31)38-21-13-7-12-20(16-21)25(36)34-15-14-22-23(17-34)33-27(32)35(26(22)37)24(18-8-3-1-4-9-18)19-10-5-2-6-11-19/h1-13,16,24H,14-15,17H2,(H2,32,33). The first-order valence-corrected chi connectivity index (χ1v) is 11.9. The molecule has 0 radical (unpaired) electrons. The van der Waals surface area contributed by atoms with E-state index in [1.807, 2.05) is 60.7 Å². The number of nitrogens with two attached hydrogens (primary N) is 1. The van der Waals surface area contributed by atoms with Gasteiger partial charge in [0.1, 0.15) is 5.75 Å². The molecule has 1 aromatic heterocycles. The molecule has 0 spiro atoms. The number of carbonyl (C=O) groups is 1. The Morgan fingerprint density at radius 1 is 0.947 bits per heavy atom. The quantitative estimate of drug-likeness (QED) is 0.417. The number of amides is 1. The van der Waals surface area contributed by atoms with E-state index in [1.165, 1.54) is 21.6 Å². The van der Waals surface area contributed by atoms with Crippen molar-refractivity contribution in [3.05, 3.63) is 123 Å². The van der Waals surface area contributed by atoms with Gasteiger partial charge in [-0.1, -0.05) is 66.7 Å². The van der Waals surface area contributed by atoms with Crippen molar-refractivity contribution in [1.29, 1.82) is 0 Å². The van der Waals surface area contributed by atoms with Crippen LogP contribution in [-0.4, -0.2) is 33.3 Å². The molecule has 2 N–H and O–H groups in total. The molecule has 1 aliphatic rings. The third kappa shape index (κ3) is 5.10. The van der Waals surface area contributed by atoms with E-state index >= 15 is 0 Å². The zero-order valence-corrected chi connectivity index (χ0v) is 20.1. The molecule has 194 valence electrons. The lowest BCUT2D eigenvalue weighted by Crippen LogP contribution is -2.42. The first kappa shape index (κ1) is 25.1. The van der Waals surface area contributed by atoms with Crippen molar-refractivity contribution in [3.8, 4) is 5.75 Å². The van der Waals surface area contributed by atoms with E-state index in [4.69, 9.17) is 5.73 Å². The van der Waals surface area contributed by atoms with Crippen molar-refractivity contribution in [2.75, 3.05) is 12.3 Å². The predicted molar refractivity (Wildman–Crippen MR) is 135 cm³/mol. The molecule has 2 heterocycles. The van der Waals surface area contributed by atoms with Gasteiger partial charge in [-0.2, -0.15) is 0 Å². The first-order valence-electron chi connectivity index (χ1n) is 11.9. The molecule has 0 saturated heterocycles. The highest BCUT2D eigenvalue weighted by Crippen LogP contribution is 2.29. The molecular weight excluding hydrogens is 497 g/mol. The van der Waals surface area contributed by atoms with Gasteiger partial charge in [-0.15, -0.1) is 13.2 Å². The fourth-order valence-corrected chi connectivity index (χ4v) is 4.71. The zero-order chi connectivity index (χ0) is 26.9. The summed E-state index contributed by atoms with van der Waals surface area (Å²) in [4.78, 5) is 32.8. The van der Waals surface area contributed by atoms with Crippen LogP contribution in [-0.2, 0) is 13.0 Å². The maximum absolute atomic E-state index is 13.8. The van der Waals surface area contributed by atoms with Gasteiger partial charge in [0.05, 0.1) is 18.3 Å². The normalized spacial score (nSPS) is 13.3. The Bertz CT molecular complexity index is 1480. The number of halogens is 3. The third-order valence-corrected chi connectivity index (χ3v) is 6.38. The molecule has 4 aromatic rings. The summed E-state index contributed by atoms with van der Waals surface area (Å²) in [5.74, 6) is -0.987. The molecule has 0 atom stereocenters. The van der Waals surface area contributed by atoms with E-state index in [2.05, 4.69) is 9.72 Å². The Morgan fingerprint density at radius 2 is 1.58 bits per heavy atom. The average Bonchev–Trinajstić information content (AvgIpc) is 2.90. The fourth-order valence-electron chi connectivity index (χ4n) is 4.71. The molecule has 0 saturated carbocycles. The van der Waals surface area contributed by atoms with Gasteiger partial charge < -0.3 is 15.4 Å². The molecule has 3 aromatic carbocycles.